The van der Waals surface area contributed by atoms with Crippen LogP contribution in [0.1, 0.15) is 24.2 Å². The molecule has 7 heteroatoms. The molecule has 1 N–H and O–H groups in total. The Morgan fingerprint density at radius 3 is 2.29 bits per heavy atom. The molecule has 1 aromatic rings. The van der Waals surface area contributed by atoms with E-state index in [1.54, 1.807) is 19.9 Å². The molecule has 1 rings (SSSR count). The van der Waals surface area contributed by atoms with E-state index in [0.717, 1.165) is 0 Å². The van der Waals surface area contributed by atoms with E-state index in [9.17, 15) is 18.0 Å². The predicted molar refractivity (Wildman–Crippen MR) is 55.4 cm³/mol. The van der Waals surface area contributed by atoms with Gasteiger partial charge in [-0.15, -0.1) is 0 Å². The van der Waals surface area contributed by atoms with Crippen LogP contribution in [-0.2, 0) is 4.79 Å². The molecule has 0 bridgehead atoms. The highest BCUT2D eigenvalue weighted by atomic mass is 19.4. The summed E-state index contributed by atoms with van der Waals surface area (Å²) in [5.41, 5.74) is 1.28. The molecule has 94 valence electrons. The van der Waals surface area contributed by atoms with E-state index < -0.39 is 24.9 Å². The highest BCUT2D eigenvalue weighted by Crippen LogP contribution is 2.21. The second-order valence-corrected chi connectivity index (χ2v) is 3.64. The molecule has 0 aliphatic heterocycles. The molecule has 0 saturated heterocycles. The number of carbonyl (C=O) groups excluding carboxylic acids is 1. The van der Waals surface area contributed by atoms with E-state index >= 15 is 0 Å². The summed E-state index contributed by atoms with van der Waals surface area (Å²) in [5.74, 6) is -0.706. The molecule has 0 aliphatic carbocycles. The van der Waals surface area contributed by atoms with Gasteiger partial charge in [-0.3, -0.25) is 10.1 Å². The van der Waals surface area contributed by atoms with Crippen molar-refractivity contribution in [3.8, 4) is 0 Å². The predicted octanol–water partition coefficient (Wildman–Crippen LogP) is 2.37. The van der Waals surface area contributed by atoms with Gasteiger partial charge in [0.25, 0.3) is 0 Å². The van der Waals surface area contributed by atoms with Crippen LogP contribution in [0.4, 0.5) is 19.1 Å². The lowest BCUT2D eigenvalue weighted by atomic mass is 10.3. The van der Waals surface area contributed by atoms with E-state index in [1.807, 2.05) is 0 Å². The van der Waals surface area contributed by atoms with Crippen LogP contribution in [0.2, 0.25) is 0 Å². The lowest BCUT2D eigenvalue weighted by molar-refractivity contribution is -0.142. The number of amides is 1. The number of hydrogen-bond donors (Lipinski definition) is 1. The minimum atomic E-state index is -4.33. The highest BCUT2D eigenvalue weighted by Gasteiger charge is 2.28. The fourth-order valence-corrected chi connectivity index (χ4v) is 1.22. The number of halogens is 3. The van der Waals surface area contributed by atoms with Crippen LogP contribution < -0.4 is 5.32 Å². The van der Waals surface area contributed by atoms with Gasteiger partial charge in [0, 0.05) is 17.8 Å². The molecular weight excluding hydrogens is 235 g/mol. The first-order chi connectivity index (χ1) is 7.76. The molecule has 0 atom stereocenters. The summed E-state index contributed by atoms with van der Waals surface area (Å²) in [6.45, 7) is 3.42. The third kappa shape index (κ3) is 5.28. The number of rotatable bonds is 3. The molecule has 0 fully saturated rings. The van der Waals surface area contributed by atoms with E-state index in [4.69, 9.17) is 0 Å². The molecule has 0 aliphatic rings. The fourth-order valence-electron chi connectivity index (χ4n) is 1.22. The number of anilines is 1. The molecule has 1 aromatic heterocycles. The summed E-state index contributed by atoms with van der Waals surface area (Å²) in [5, 5.41) is 2.24. The summed E-state index contributed by atoms with van der Waals surface area (Å²) < 4.78 is 35.6. The second kappa shape index (κ2) is 5.11. The maximum Gasteiger partial charge on any atom is 0.389 e. The molecule has 17 heavy (non-hydrogen) atoms. The Bertz CT molecular complexity index is 397. The molecule has 0 saturated carbocycles. The van der Waals surface area contributed by atoms with Crippen molar-refractivity contribution in [1.29, 1.82) is 0 Å². The van der Waals surface area contributed by atoms with Gasteiger partial charge >= 0.3 is 6.18 Å². The standard InChI is InChI=1S/C10H12F3N3O/c1-6-5-7(2)15-9(14-6)16-8(17)3-4-10(11,12)13/h5H,3-4H2,1-2H3,(H,14,15,16,17). The summed E-state index contributed by atoms with van der Waals surface area (Å²) in [4.78, 5) is 19.0. The Morgan fingerprint density at radius 1 is 1.29 bits per heavy atom. The summed E-state index contributed by atoms with van der Waals surface area (Å²) >= 11 is 0. The number of hydrogen-bond acceptors (Lipinski definition) is 3. The number of nitrogens with one attached hydrogen (secondary N) is 1. The molecule has 4 nitrogen and oxygen atoms in total. The van der Waals surface area contributed by atoms with Gasteiger partial charge in [0.15, 0.2) is 0 Å². The van der Waals surface area contributed by atoms with Crippen molar-refractivity contribution < 1.29 is 18.0 Å². The fraction of sp³-hybridized carbons (Fsp3) is 0.500. The van der Waals surface area contributed by atoms with Crippen LogP contribution in [0.3, 0.4) is 0 Å². The van der Waals surface area contributed by atoms with E-state index in [-0.39, 0.29) is 5.95 Å². The Hall–Kier alpha value is -1.66. The van der Waals surface area contributed by atoms with E-state index in [1.165, 1.54) is 0 Å². The number of nitrogens with zero attached hydrogens (tertiary/aromatic N) is 2. The largest absolute Gasteiger partial charge is 0.389 e. The third-order valence-electron chi connectivity index (χ3n) is 1.87. The Morgan fingerprint density at radius 2 is 1.82 bits per heavy atom. The van der Waals surface area contributed by atoms with Crippen molar-refractivity contribution in [3.63, 3.8) is 0 Å². The monoisotopic (exact) mass is 247 g/mol. The van der Waals surface area contributed by atoms with Crippen LogP contribution in [0.25, 0.3) is 0 Å². The van der Waals surface area contributed by atoms with Gasteiger partial charge < -0.3 is 0 Å². The van der Waals surface area contributed by atoms with Crippen LogP contribution in [-0.4, -0.2) is 22.1 Å². The number of alkyl halides is 3. The summed E-state index contributed by atoms with van der Waals surface area (Å²) in [6.07, 6.45) is -6.11. The van der Waals surface area contributed by atoms with Gasteiger partial charge in [-0.25, -0.2) is 9.97 Å². The first kappa shape index (κ1) is 13.4. The first-order valence-electron chi connectivity index (χ1n) is 4.95. The summed E-state index contributed by atoms with van der Waals surface area (Å²) in [6, 6.07) is 1.70. The van der Waals surface area contributed by atoms with E-state index in [0.29, 0.717) is 11.4 Å². The average Bonchev–Trinajstić information content (AvgIpc) is 2.11. The van der Waals surface area contributed by atoms with Crippen molar-refractivity contribution in [2.45, 2.75) is 32.9 Å². The smallest absolute Gasteiger partial charge is 0.295 e. The Balaban J connectivity index is 2.56. The SMILES string of the molecule is Cc1cc(C)nc(NC(=O)CCC(F)(F)F)n1. The van der Waals surface area contributed by atoms with Crippen LogP contribution >= 0.6 is 0 Å². The van der Waals surface area contributed by atoms with Crippen LogP contribution in [0.15, 0.2) is 6.07 Å². The zero-order chi connectivity index (χ0) is 13.1. The van der Waals surface area contributed by atoms with Crippen LogP contribution in [0.5, 0.6) is 0 Å². The van der Waals surface area contributed by atoms with Gasteiger partial charge in [-0.1, -0.05) is 0 Å². The molecule has 0 spiro atoms. The van der Waals surface area contributed by atoms with Gasteiger partial charge in [0.1, 0.15) is 0 Å². The molecule has 0 aromatic carbocycles. The lowest BCUT2D eigenvalue weighted by Gasteiger charge is -2.07. The van der Waals surface area contributed by atoms with Gasteiger partial charge in [-0.2, -0.15) is 13.2 Å². The van der Waals surface area contributed by atoms with Crippen molar-refractivity contribution in [2.75, 3.05) is 5.32 Å². The van der Waals surface area contributed by atoms with Gasteiger partial charge in [-0.05, 0) is 19.9 Å². The van der Waals surface area contributed by atoms with Crippen molar-refractivity contribution in [1.82, 2.24) is 9.97 Å². The third-order valence-corrected chi connectivity index (χ3v) is 1.87. The molecule has 1 heterocycles. The minimum absolute atomic E-state index is 0.0367. The maximum absolute atomic E-state index is 11.9. The summed E-state index contributed by atoms with van der Waals surface area (Å²) in [7, 11) is 0. The average molecular weight is 247 g/mol. The normalized spacial score (nSPS) is 11.4. The Labute approximate surface area is 96.3 Å². The number of carbonyl (C=O) groups is 1. The minimum Gasteiger partial charge on any atom is -0.295 e. The molecule has 1 amide bonds. The van der Waals surface area contributed by atoms with Crippen LogP contribution in [0, 0.1) is 13.8 Å². The zero-order valence-electron chi connectivity index (χ0n) is 9.43. The number of aryl methyl sites for hydroxylation is 2. The Kier molecular flexibility index (Phi) is 4.03. The first-order valence-corrected chi connectivity index (χ1v) is 4.95. The van der Waals surface area contributed by atoms with Gasteiger partial charge in [0.2, 0.25) is 11.9 Å². The highest BCUT2D eigenvalue weighted by molar-refractivity contribution is 5.88. The number of aromatic nitrogens is 2. The topological polar surface area (TPSA) is 54.9 Å². The van der Waals surface area contributed by atoms with Crippen molar-refractivity contribution >= 4 is 11.9 Å². The zero-order valence-corrected chi connectivity index (χ0v) is 9.43. The lowest BCUT2D eigenvalue weighted by Crippen LogP contribution is -2.18. The molecular formula is C10H12F3N3O. The van der Waals surface area contributed by atoms with E-state index in [2.05, 4.69) is 15.3 Å². The van der Waals surface area contributed by atoms with Gasteiger partial charge in [0.05, 0.1) is 6.42 Å². The van der Waals surface area contributed by atoms with Crippen molar-refractivity contribution in [2.24, 2.45) is 0 Å². The van der Waals surface area contributed by atoms with Crippen molar-refractivity contribution in [3.05, 3.63) is 17.5 Å². The second-order valence-electron chi connectivity index (χ2n) is 3.64. The molecule has 0 unspecified atom stereocenters. The quantitative estimate of drug-likeness (QED) is 0.892. The maximum atomic E-state index is 11.9. The molecule has 0 radical (unpaired) electrons.